The lowest BCUT2D eigenvalue weighted by Gasteiger charge is -2.58. The molecule has 1 aromatic rings. The number of hydrogen-bond donors (Lipinski definition) is 1. The highest BCUT2D eigenvalue weighted by atomic mass is 35.5. The molecule has 26 heavy (non-hydrogen) atoms. The molecule has 5 nitrogen and oxygen atoms in total. The van der Waals surface area contributed by atoms with E-state index < -0.39 is 5.54 Å². The van der Waals surface area contributed by atoms with Crippen LogP contribution in [0.4, 0.5) is 0 Å². The number of nitrogens with zero attached hydrogens (tertiary/aromatic N) is 1. The molecule has 2 rings (SSSR count). The lowest BCUT2D eigenvalue weighted by molar-refractivity contribution is -0.178. The van der Waals surface area contributed by atoms with E-state index in [0.29, 0.717) is 31.2 Å². The van der Waals surface area contributed by atoms with Crippen LogP contribution >= 0.6 is 24.0 Å². The summed E-state index contributed by atoms with van der Waals surface area (Å²) < 4.78 is 11.4. The largest absolute Gasteiger partial charge is 0.494 e. The predicted molar refractivity (Wildman–Crippen MR) is 107 cm³/mol. The van der Waals surface area contributed by atoms with Gasteiger partial charge >= 0.3 is 0 Å². The second kappa shape index (κ2) is 9.27. The minimum atomic E-state index is -0.862. The van der Waals surface area contributed by atoms with Crippen molar-refractivity contribution in [3.8, 4) is 5.75 Å². The molecule has 1 aromatic carbocycles. The standard InChI is InChI=1S/C19H29ClN2O3.ClH/c1-5-24-16-13-19(21,18(16,2)3)17(23)22(4)11-6-12-25-15-9-7-14(20)8-10-15;/h7-10,16H,5-6,11-13,21H2,1-4H3;1H. The van der Waals surface area contributed by atoms with E-state index >= 15 is 0 Å². The summed E-state index contributed by atoms with van der Waals surface area (Å²) in [6.07, 6.45) is 1.34. The van der Waals surface area contributed by atoms with Crippen LogP contribution in [0.2, 0.25) is 5.02 Å². The molecule has 7 heteroatoms. The zero-order valence-electron chi connectivity index (χ0n) is 16.0. The Morgan fingerprint density at radius 3 is 2.50 bits per heavy atom. The van der Waals surface area contributed by atoms with Gasteiger partial charge in [-0.25, -0.2) is 0 Å². The maximum Gasteiger partial charge on any atom is 0.243 e. The summed E-state index contributed by atoms with van der Waals surface area (Å²) in [5, 5.41) is 0.680. The Morgan fingerprint density at radius 2 is 1.96 bits per heavy atom. The summed E-state index contributed by atoms with van der Waals surface area (Å²) >= 11 is 5.84. The second-order valence-electron chi connectivity index (χ2n) is 7.22. The monoisotopic (exact) mass is 404 g/mol. The minimum Gasteiger partial charge on any atom is -0.494 e. The fraction of sp³-hybridized carbons (Fsp3) is 0.632. The molecule has 0 aliphatic heterocycles. The van der Waals surface area contributed by atoms with Crippen molar-refractivity contribution in [1.29, 1.82) is 0 Å². The van der Waals surface area contributed by atoms with Gasteiger partial charge in [-0.2, -0.15) is 0 Å². The van der Waals surface area contributed by atoms with Gasteiger partial charge < -0.3 is 20.1 Å². The van der Waals surface area contributed by atoms with Crippen LogP contribution in [-0.2, 0) is 9.53 Å². The number of likely N-dealkylation sites (N-methyl/N-ethyl adjacent to an activating group) is 1. The Balaban J connectivity index is 0.00000338. The molecular formula is C19H30Cl2N2O3. The highest BCUT2D eigenvalue weighted by Gasteiger charge is 2.63. The van der Waals surface area contributed by atoms with Crippen LogP contribution in [0.3, 0.4) is 0 Å². The summed E-state index contributed by atoms with van der Waals surface area (Å²) in [7, 11) is 1.79. The van der Waals surface area contributed by atoms with Crippen molar-refractivity contribution in [3.63, 3.8) is 0 Å². The fourth-order valence-corrected chi connectivity index (χ4v) is 3.39. The molecule has 2 unspecified atom stereocenters. The number of rotatable bonds is 8. The molecule has 2 N–H and O–H groups in total. The molecule has 1 aliphatic rings. The van der Waals surface area contributed by atoms with E-state index in [4.69, 9.17) is 26.8 Å². The SMILES string of the molecule is CCOC1CC(N)(C(=O)N(C)CCCOc2ccc(Cl)cc2)C1(C)C.Cl. The van der Waals surface area contributed by atoms with Crippen molar-refractivity contribution in [2.24, 2.45) is 11.1 Å². The van der Waals surface area contributed by atoms with Crippen molar-refractivity contribution >= 4 is 29.9 Å². The van der Waals surface area contributed by atoms with Gasteiger partial charge in [0.15, 0.2) is 0 Å². The lowest BCUT2D eigenvalue weighted by Crippen LogP contribution is -2.75. The van der Waals surface area contributed by atoms with Crippen LogP contribution in [0.5, 0.6) is 5.75 Å². The zero-order chi connectivity index (χ0) is 18.7. The van der Waals surface area contributed by atoms with Crippen LogP contribution in [0.1, 0.15) is 33.6 Å². The first-order valence-corrected chi connectivity index (χ1v) is 9.14. The third kappa shape index (κ3) is 4.63. The summed E-state index contributed by atoms with van der Waals surface area (Å²) in [5.41, 5.74) is 5.21. The molecule has 1 saturated carbocycles. The molecule has 0 heterocycles. The normalized spacial score (nSPS) is 23.5. The smallest absolute Gasteiger partial charge is 0.243 e. The highest BCUT2D eigenvalue weighted by molar-refractivity contribution is 6.30. The number of benzene rings is 1. The Labute approximate surface area is 167 Å². The molecule has 1 aliphatic carbocycles. The van der Waals surface area contributed by atoms with E-state index in [1.165, 1.54) is 0 Å². The van der Waals surface area contributed by atoms with Gasteiger partial charge in [0.2, 0.25) is 5.91 Å². The van der Waals surface area contributed by atoms with Crippen molar-refractivity contribution in [2.75, 3.05) is 26.8 Å². The number of nitrogens with two attached hydrogens (primary N) is 1. The average molecular weight is 405 g/mol. The lowest BCUT2D eigenvalue weighted by atomic mass is 9.54. The quantitative estimate of drug-likeness (QED) is 0.673. The Morgan fingerprint density at radius 1 is 1.35 bits per heavy atom. The molecule has 0 bridgehead atoms. The first-order valence-electron chi connectivity index (χ1n) is 8.76. The third-order valence-corrected chi connectivity index (χ3v) is 5.53. The number of ether oxygens (including phenoxy) is 2. The van der Waals surface area contributed by atoms with E-state index in [2.05, 4.69) is 0 Å². The van der Waals surface area contributed by atoms with E-state index in [9.17, 15) is 4.79 Å². The van der Waals surface area contributed by atoms with Crippen LogP contribution in [-0.4, -0.2) is 49.3 Å². The predicted octanol–water partition coefficient (Wildman–Crippen LogP) is 3.52. The minimum absolute atomic E-state index is 0. The summed E-state index contributed by atoms with van der Waals surface area (Å²) in [5.74, 6) is 0.744. The Bertz CT molecular complexity index is 595. The van der Waals surface area contributed by atoms with E-state index in [1.807, 2.05) is 32.9 Å². The molecule has 0 aromatic heterocycles. The topological polar surface area (TPSA) is 64.8 Å². The number of amides is 1. The molecular weight excluding hydrogens is 375 g/mol. The third-order valence-electron chi connectivity index (χ3n) is 5.28. The van der Waals surface area contributed by atoms with Crippen LogP contribution < -0.4 is 10.5 Å². The number of carbonyl (C=O) groups excluding carboxylic acids is 1. The summed E-state index contributed by atoms with van der Waals surface area (Å²) in [6, 6.07) is 7.24. The number of carbonyl (C=O) groups is 1. The first kappa shape index (κ1) is 23.0. The van der Waals surface area contributed by atoms with Crippen molar-refractivity contribution in [2.45, 2.75) is 45.3 Å². The van der Waals surface area contributed by atoms with E-state index in [0.717, 1.165) is 12.2 Å². The Hall–Kier alpha value is -1.01. The Kier molecular flexibility index (Phi) is 8.21. The van der Waals surface area contributed by atoms with Gasteiger partial charge in [0, 0.05) is 37.1 Å². The average Bonchev–Trinajstić information content (AvgIpc) is 2.59. The number of halogens is 2. The van der Waals surface area contributed by atoms with Crippen LogP contribution in [0.25, 0.3) is 0 Å². The second-order valence-corrected chi connectivity index (χ2v) is 7.66. The molecule has 148 valence electrons. The van der Waals surface area contributed by atoms with Gasteiger partial charge in [-0.3, -0.25) is 4.79 Å². The molecule has 1 fully saturated rings. The number of hydrogen-bond acceptors (Lipinski definition) is 4. The van der Waals surface area contributed by atoms with Gasteiger partial charge in [-0.1, -0.05) is 25.4 Å². The molecule has 1 amide bonds. The molecule has 2 atom stereocenters. The van der Waals surface area contributed by atoms with Crippen LogP contribution in [0.15, 0.2) is 24.3 Å². The van der Waals surface area contributed by atoms with Gasteiger partial charge in [0.1, 0.15) is 11.3 Å². The van der Waals surface area contributed by atoms with Gasteiger partial charge in [-0.05, 0) is 37.6 Å². The van der Waals surface area contributed by atoms with Gasteiger partial charge in [-0.15, -0.1) is 12.4 Å². The van der Waals surface area contributed by atoms with Crippen molar-refractivity contribution < 1.29 is 14.3 Å². The molecule has 0 spiro atoms. The van der Waals surface area contributed by atoms with Crippen LogP contribution in [0, 0.1) is 5.41 Å². The van der Waals surface area contributed by atoms with Crippen molar-refractivity contribution in [1.82, 2.24) is 4.90 Å². The van der Waals surface area contributed by atoms with Crippen molar-refractivity contribution in [3.05, 3.63) is 29.3 Å². The summed E-state index contributed by atoms with van der Waals surface area (Å²) in [6.45, 7) is 7.73. The van der Waals surface area contributed by atoms with Gasteiger partial charge in [0.05, 0.1) is 12.7 Å². The maximum atomic E-state index is 12.8. The molecule has 0 radical (unpaired) electrons. The fourth-order valence-electron chi connectivity index (χ4n) is 3.26. The summed E-state index contributed by atoms with van der Waals surface area (Å²) in [4.78, 5) is 14.5. The zero-order valence-corrected chi connectivity index (χ0v) is 17.5. The van der Waals surface area contributed by atoms with E-state index in [1.54, 1.807) is 24.1 Å². The highest BCUT2D eigenvalue weighted by Crippen LogP contribution is 2.50. The first-order chi connectivity index (χ1) is 11.7. The van der Waals surface area contributed by atoms with Gasteiger partial charge in [0.25, 0.3) is 0 Å². The molecule has 0 saturated heterocycles. The van der Waals surface area contributed by atoms with E-state index in [-0.39, 0.29) is 29.8 Å². The maximum absolute atomic E-state index is 12.8.